The molecule has 0 bridgehead atoms. The molecule has 20 heavy (non-hydrogen) atoms. The first-order valence-corrected chi connectivity index (χ1v) is 6.95. The summed E-state index contributed by atoms with van der Waals surface area (Å²) in [5.74, 6) is 0. The van der Waals surface area contributed by atoms with Crippen molar-refractivity contribution in [1.29, 1.82) is 0 Å². The lowest BCUT2D eigenvalue weighted by Gasteiger charge is -2.04. The Labute approximate surface area is 120 Å². The molecular weight excluding hydrogens is 272 g/mol. The van der Waals surface area contributed by atoms with E-state index in [0.717, 1.165) is 21.8 Å². The second kappa shape index (κ2) is 5.75. The van der Waals surface area contributed by atoms with Gasteiger partial charge in [-0.25, -0.2) is 9.97 Å². The van der Waals surface area contributed by atoms with Crippen molar-refractivity contribution in [3.63, 3.8) is 0 Å². The van der Waals surface area contributed by atoms with E-state index in [-0.39, 0.29) is 0 Å². The molecule has 3 aromatic rings. The molecule has 0 fully saturated rings. The Morgan fingerprint density at radius 3 is 2.70 bits per heavy atom. The number of rotatable bonds is 4. The molecule has 3 rings (SSSR count). The number of nitrogens with zero attached hydrogens (tertiary/aromatic N) is 4. The first-order chi connectivity index (χ1) is 9.81. The number of aromatic nitrogens is 4. The van der Waals surface area contributed by atoms with E-state index in [4.69, 9.17) is 4.74 Å². The first kappa shape index (κ1) is 12.7. The summed E-state index contributed by atoms with van der Waals surface area (Å²) < 4.78 is 5.49. The summed E-state index contributed by atoms with van der Waals surface area (Å²) in [5.41, 5.74) is 4.47. The third kappa shape index (κ3) is 2.97. The molecule has 0 N–H and O–H groups in total. The van der Waals surface area contributed by atoms with Crippen LogP contribution < -0.4 is 4.74 Å². The highest BCUT2D eigenvalue weighted by Crippen LogP contribution is 2.17. The third-order valence-corrected chi connectivity index (χ3v) is 3.39. The first-order valence-electron chi connectivity index (χ1n) is 6.07. The van der Waals surface area contributed by atoms with Crippen LogP contribution in [0.3, 0.4) is 0 Å². The Morgan fingerprint density at radius 2 is 2.00 bits per heavy atom. The molecular formula is C14H12N4OS. The Kier molecular flexibility index (Phi) is 3.64. The lowest BCUT2D eigenvalue weighted by Crippen LogP contribution is -1.98. The molecule has 0 aliphatic rings. The van der Waals surface area contributed by atoms with Crippen LogP contribution in [-0.4, -0.2) is 19.9 Å². The standard InChI is InChI=1S/C14H12N4OS/c1-10-3-2-4-13(18-10)11-5-16-14(17-6-11)19-8-12-7-15-9-20-12/h2-7,9H,8H2,1H3. The van der Waals surface area contributed by atoms with Crippen molar-refractivity contribution in [3.8, 4) is 17.3 Å². The summed E-state index contributed by atoms with van der Waals surface area (Å²) in [4.78, 5) is 17.8. The number of hydrogen-bond acceptors (Lipinski definition) is 6. The van der Waals surface area contributed by atoms with Gasteiger partial charge in [-0.05, 0) is 19.1 Å². The maximum Gasteiger partial charge on any atom is 0.316 e. The van der Waals surface area contributed by atoms with Crippen LogP contribution >= 0.6 is 11.3 Å². The van der Waals surface area contributed by atoms with Gasteiger partial charge < -0.3 is 4.74 Å². The average Bonchev–Trinajstić information content (AvgIpc) is 2.99. The van der Waals surface area contributed by atoms with E-state index in [1.54, 1.807) is 35.4 Å². The summed E-state index contributed by atoms with van der Waals surface area (Å²) in [6, 6.07) is 6.21. The van der Waals surface area contributed by atoms with Gasteiger partial charge in [0.25, 0.3) is 0 Å². The monoisotopic (exact) mass is 284 g/mol. The van der Waals surface area contributed by atoms with Crippen molar-refractivity contribution in [1.82, 2.24) is 19.9 Å². The van der Waals surface area contributed by atoms with Gasteiger partial charge in [0.2, 0.25) is 0 Å². The van der Waals surface area contributed by atoms with E-state index >= 15 is 0 Å². The molecule has 0 unspecified atom stereocenters. The average molecular weight is 284 g/mol. The van der Waals surface area contributed by atoms with Crippen molar-refractivity contribution in [2.75, 3.05) is 0 Å². The van der Waals surface area contributed by atoms with Crippen molar-refractivity contribution < 1.29 is 4.74 Å². The van der Waals surface area contributed by atoms with Crippen LogP contribution in [0.25, 0.3) is 11.3 Å². The second-order valence-corrected chi connectivity index (χ2v) is 5.15. The molecule has 0 aromatic carbocycles. The normalized spacial score (nSPS) is 10.4. The van der Waals surface area contributed by atoms with Gasteiger partial charge in [-0.3, -0.25) is 9.97 Å². The van der Waals surface area contributed by atoms with E-state index in [0.29, 0.717) is 12.6 Å². The molecule has 6 heteroatoms. The highest BCUT2D eigenvalue weighted by atomic mass is 32.1. The topological polar surface area (TPSA) is 60.8 Å². The molecule has 0 spiro atoms. The largest absolute Gasteiger partial charge is 0.458 e. The SMILES string of the molecule is Cc1cccc(-c2cnc(OCc3cncs3)nc2)n1. The zero-order chi connectivity index (χ0) is 13.8. The molecule has 0 aliphatic carbocycles. The van der Waals surface area contributed by atoms with Crippen molar-refractivity contribution in [2.24, 2.45) is 0 Å². The number of pyridine rings is 1. The Hall–Kier alpha value is -2.34. The van der Waals surface area contributed by atoms with Gasteiger partial charge in [0.1, 0.15) is 6.61 Å². The van der Waals surface area contributed by atoms with E-state index in [9.17, 15) is 0 Å². The lowest BCUT2D eigenvalue weighted by atomic mass is 10.2. The minimum Gasteiger partial charge on any atom is -0.458 e. The van der Waals surface area contributed by atoms with Crippen LogP contribution in [0.1, 0.15) is 10.6 Å². The van der Waals surface area contributed by atoms with E-state index in [1.807, 2.05) is 25.1 Å². The summed E-state index contributed by atoms with van der Waals surface area (Å²) in [6.07, 6.45) is 5.21. The molecule has 0 amide bonds. The van der Waals surface area contributed by atoms with Crippen molar-refractivity contribution in [2.45, 2.75) is 13.5 Å². The Morgan fingerprint density at radius 1 is 1.15 bits per heavy atom. The number of ether oxygens (including phenoxy) is 1. The fourth-order valence-corrected chi connectivity index (χ4v) is 2.18. The van der Waals surface area contributed by atoms with E-state index < -0.39 is 0 Å². The number of hydrogen-bond donors (Lipinski definition) is 0. The van der Waals surface area contributed by atoms with Crippen LogP contribution in [0.15, 0.2) is 42.3 Å². The van der Waals surface area contributed by atoms with Gasteiger partial charge in [0, 0.05) is 29.8 Å². The highest BCUT2D eigenvalue weighted by molar-refractivity contribution is 7.09. The minimum absolute atomic E-state index is 0.356. The van der Waals surface area contributed by atoms with Crippen LogP contribution in [0.5, 0.6) is 6.01 Å². The molecule has 3 aromatic heterocycles. The number of aryl methyl sites for hydroxylation is 1. The summed E-state index contributed by atoms with van der Waals surface area (Å²) in [6.45, 7) is 2.39. The van der Waals surface area contributed by atoms with Crippen LogP contribution in [-0.2, 0) is 6.61 Å². The quantitative estimate of drug-likeness (QED) is 0.737. The molecule has 3 heterocycles. The molecule has 0 atom stereocenters. The van der Waals surface area contributed by atoms with Crippen LogP contribution in [0.4, 0.5) is 0 Å². The maximum atomic E-state index is 5.49. The van der Waals surface area contributed by atoms with Gasteiger partial charge in [-0.1, -0.05) is 6.07 Å². The third-order valence-electron chi connectivity index (χ3n) is 2.64. The van der Waals surface area contributed by atoms with Crippen LogP contribution in [0, 0.1) is 6.92 Å². The molecule has 100 valence electrons. The van der Waals surface area contributed by atoms with E-state index in [1.165, 1.54) is 0 Å². The second-order valence-electron chi connectivity index (χ2n) is 4.17. The molecule has 0 saturated heterocycles. The maximum absolute atomic E-state index is 5.49. The molecule has 0 saturated carbocycles. The molecule has 5 nitrogen and oxygen atoms in total. The van der Waals surface area contributed by atoms with Gasteiger partial charge in [-0.15, -0.1) is 11.3 Å². The Balaban J connectivity index is 1.71. The predicted molar refractivity (Wildman–Crippen MR) is 76.4 cm³/mol. The fraction of sp³-hybridized carbons (Fsp3) is 0.143. The minimum atomic E-state index is 0.356. The van der Waals surface area contributed by atoms with Crippen molar-refractivity contribution in [3.05, 3.63) is 52.9 Å². The Bertz CT molecular complexity index is 683. The van der Waals surface area contributed by atoms with E-state index in [2.05, 4.69) is 19.9 Å². The van der Waals surface area contributed by atoms with Gasteiger partial charge >= 0.3 is 6.01 Å². The summed E-state index contributed by atoms with van der Waals surface area (Å²) >= 11 is 1.54. The zero-order valence-corrected chi connectivity index (χ0v) is 11.7. The lowest BCUT2D eigenvalue weighted by molar-refractivity contribution is 0.284. The predicted octanol–water partition coefficient (Wildman–Crippen LogP) is 2.88. The fourth-order valence-electron chi connectivity index (χ4n) is 1.68. The highest BCUT2D eigenvalue weighted by Gasteiger charge is 2.03. The van der Waals surface area contributed by atoms with Gasteiger partial charge in [0.15, 0.2) is 0 Å². The van der Waals surface area contributed by atoms with Crippen molar-refractivity contribution >= 4 is 11.3 Å². The van der Waals surface area contributed by atoms with Crippen LogP contribution in [0.2, 0.25) is 0 Å². The molecule has 0 aliphatic heterocycles. The zero-order valence-electron chi connectivity index (χ0n) is 10.9. The summed E-state index contributed by atoms with van der Waals surface area (Å²) in [7, 11) is 0. The van der Waals surface area contributed by atoms with Gasteiger partial charge in [0.05, 0.1) is 16.1 Å². The number of thiazole rings is 1. The van der Waals surface area contributed by atoms with Gasteiger partial charge in [-0.2, -0.15) is 0 Å². The smallest absolute Gasteiger partial charge is 0.316 e. The summed E-state index contributed by atoms with van der Waals surface area (Å²) in [5, 5.41) is 0. The molecule has 0 radical (unpaired) electrons.